The first kappa shape index (κ1) is 35.0. The minimum Gasteiger partial charge on any atom is -0.374 e. The van der Waals surface area contributed by atoms with Crippen LogP contribution >= 0.6 is 19.6 Å². The summed E-state index contributed by atoms with van der Waals surface area (Å²) in [5.74, 6) is 0. The summed E-state index contributed by atoms with van der Waals surface area (Å²) in [5, 5.41) is 0. The fraction of sp³-hybridized carbons (Fsp3) is 0.368. The smallest absolute Gasteiger partial charge is 0.374 e. The van der Waals surface area contributed by atoms with E-state index in [2.05, 4.69) is 0 Å². The lowest BCUT2D eigenvalue weighted by molar-refractivity contribution is -0.241. The van der Waals surface area contributed by atoms with Crippen molar-refractivity contribution in [3.63, 3.8) is 0 Å². The van der Waals surface area contributed by atoms with Crippen molar-refractivity contribution in [3.05, 3.63) is 138 Å². The van der Waals surface area contributed by atoms with Gasteiger partial charge in [0.25, 0.3) is 0 Å². The standard InChI is InChI=1S/C38H43O8PS/c1-28-23-29(2)45-47(39,44-28)46-37-36(42-26-32-19-11-5-12-20-32)35(41-25-31-17-9-4-10-18-31)34(27-40-24-30-15-7-3-8-16-30)43-38(37)48-33-21-13-6-14-22-33/h3-22,28-29,34-38H,23-27H2,1-2H3/t28-,29-,34?,35?,36?,37?,38?/m1/s1. The van der Waals surface area contributed by atoms with Crippen LogP contribution in [-0.2, 0) is 56.9 Å². The summed E-state index contributed by atoms with van der Waals surface area (Å²) >= 11 is 1.47. The first-order valence-corrected chi connectivity index (χ1v) is 18.7. The van der Waals surface area contributed by atoms with Gasteiger partial charge < -0.3 is 18.9 Å². The summed E-state index contributed by atoms with van der Waals surface area (Å²) in [4.78, 5) is 0.955. The van der Waals surface area contributed by atoms with Crippen LogP contribution in [0.5, 0.6) is 0 Å². The van der Waals surface area contributed by atoms with Gasteiger partial charge in [-0.2, -0.15) is 0 Å². The van der Waals surface area contributed by atoms with Crippen LogP contribution in [0.4, 0.5) is 0 Å². The van der Waals surface area contributed by atoms with Crippen molar-refractivity contribution in [1.29, 1.82) is 0 Å². The number of phosphoric ester groups is 1. The number of hydrogen-bond donors (Lipinski definition) is 0. The predicted octanol–water partition coefficient (Wildman–Crippen LogP) is 8.60. The Morgan fingerprint density at radius 2 is 1.12 bits per heavy atom. The Hall–Kier alpha value is -2.82. The zero-order chi connectivity index (χ0) is 33.2. The average Bonchev–Trinajstić information content (AvgIpc) is 3.09. The minimum absolute atomic E-state index is 0.233. The molecule has 10 heteroatoms. The van der Waals surface area contributed by atoms with Crippen molar-refractivity contribution in [2.75, 3.05) is 6.61 Å². The van der Waals surface area contributed by atoms with Gasteiger partial charge in [-0.1, -0.05) is 121 Å². The van der Waals surface area contributed by atoms with Gasteiger partial charge in [-0.3, -0.25) is 13.6 Å². The number of ether oxygens (including phenoxy) is 4. The monoisotopic (exact) mass is 690 g/mol. The fourth-order valence-electron chi connectivity index (χ4n) is 5.86. The maximum Gasteiger partial charge on any atom is 0.475 e. The van der Waals surface area contributed by atoms with E-state index in [1.807, 2.05) is 135 Å². The summed E-state index contributed by atoms with van der Waals surface area (Å²) in [6.45, 7) is 4.96. The van der Waals surface area contributed by atoms with E-state index in [4.69, 9.17) is 32.5 Å². The van der Waals surface area contributed by atoms with E-state index in [0.717, 1.165) is 21.6 Å². The molecule has 0 radical (unpaired) electrons. The van der Waals surface area contributed by atoms with Crippen molar-refractivity contribution in [2.45, 2.75) is 87.0 Å². The summed E-state index contributed by atoms with van der Waals surface area (Å²) in [6.07, 6.45) is -2.85. The summed E-state index contributed by atoms with van der Waals surface area (Å²) in [6, 6.07) is 39.8. The summed E-state index contributed by atoms with van der Waals surface area (Å²) in [7, 11) is -4.01. The van der Waals surface area contributed by atoms with Gasteiger partial charge in [-0.15, -0.1) is 0 Å². The molecular weight excluding hydrogens is 647 g/mol. The van der Waals surface area contributed by atoms with Crippen LogP contribution in [0.3, 0.4) is 0 Å². The lowest BCUT2D eigenvalue weighted by Gasteiger charge is -2.46. The van der Waals surface area contributed by atoms with E-state index in [9.17, 15) is 4.57 Å². The van der Waals surface area contributed by atoms with Gasteiger partial charge in [-0.05, 0) is 42.7 Å². The molecule has 2 heterocycles. The largest absolute Gasteiger partial charge is 0.475 e. The number of benzene rings is 4. The van der Waals surface area contributed by atoms with Crippen LogP contribution in [0.1, 0.15) is 37.0 Å². The summed E-state index contributed by atoms with van der Waals surface area (Å²) in [5.41, 5.74) is 2.36. The van der Waals surface area contributed by atoms with Crippen LogP contribution < -0.4 is 0 Å². The molecule has 5 unspecified atom stereocenters. The zero-order valence-electron chi connectivity index (χ0n) is 27.2. The molecule has 48 heavy (non-hydrogen) atoms. The quantitative estimate of drug-likeness (QED) is 0.121. The fourth-order valence-corrected chi connectivity index (χ4v) is 8.80. The van der Waals surface area contributed by atoms with E-state index in [1.54, 1.807) is 0 Å². The molecule has 0 amide bonds. The molecule has 7 atom stereocenters. The molecular formula is C38H43O8PS. The first-order chi connectivity index (χ1) is 23.4. The molecule has 0 bridgehead atoms. The van der Waals surface area contributed by atoms with Crippen molar-refractivity contribution >= 4 is 19.6 Å². The lowest BCUT2D eigenvalue weighted by atomic mass is 9.99. The zero-order valence-corrected chi connectivity index (χ0v) is 29.0. The third-order valence-corrected chi connectivity index (χ3v) is 11.0. The predicted molar refractivity (Wildman–Crippen MR) is 185 cm³/mol. The highest BCUT2D eigenvalue weighted by Crippen LogP contribution is 2.58. The maximum atomic E-state index is 14.2. The molecule has 0 spiro atoms. The van der Waals surface area contributed by atoms with Crippen LogP contribution in [0.25, 0.3) is 0 Å². The number of thioether (sulfide) groups is 1. The second-order valence-electron chi connectivity index (χ2n) is 12.1. The van der Waals surface area contributed by atoms with E-state index in [0.29, 0.717) is 19.6 Å². The van der Waals surface area contributed by atoms with E-state index in [-0.39, 0.29) is 25.4 Å². The Balaban J connectivity index is 1.35. The van der Waals surface area contributed by atoms with Crippen LogP contribution in [-0.4, -0.2) is 48.7 Å². The molecule has 0 N–H and O–H groups in total. The Morgan fingerprint density at radius 3 is 1.67 bits per heavy atom. The van der Waals surface area contributed by atoms with Gasteiger partial charge in [0.2, 0.25) is 0 Å². The highest BCUT2D eigenvalue weighted by Gasteiger charge is 2.53. The molecule has 0 aliphatic carbocycles. The van der Waals surface area contributed by atoms with Gasteiger partial charge in [-0.25, -0.2) is 4.57 Å². The third kappa shape index (κ3) is 9.88. The van der Waals surface area contributed by atoms with Crippen molar-refractivity contribution < 1.29 is 37.1 Å². The molecule has 2 aliphatic heterocycles. The normalized spacial score (nSPS) is 29.0. The molecule has 0 aromatic heterocycles. The molecule has 2 saturated heterocycles. The van der Waals surface area contributed by atoms with E-state index >= 15 is 0 Å². The van der Waals surface area contributed by atoms with Crippen molar-refractivity contribution in [1.82, 2.24) is 0 Å². The Labute approximate surface area is 287 Å². The molecule has 0 saturated carbocycles. The Bertz CT molecular complexity index is 1550. The van der Waals surface area contributed by atoms with Gasteiger partial charge in [0.1, 0.15) is 29.9 Å². The molecule has 254 valence electrons. The lowest BCUT2D eigenvalue weighted by Crippen LogP contribution is -2.60. The van der Waals surface area contributed by atoms with Gasteiger partial charge >= 0.3 is 7.82 Å². The van der Waals surface area contributed by atoms with Crippen LogP contribution in [0.2, 0.25) is 0 Å². The molecule has 8 nitrogen and oxygen atoms in total. The maximum absolute atomic E-state index is 14.2. The molecule has 2 aliphatic rings. The SMILES string of the molecule is C[C@@H]1C[C@@H](C)OP(=O)(OC2C(Sc3ccccc3)OC(COCc3ccccc3)C(OCc3ccccc3)C2OCc2ccccc2)O1. The summed E-state index contributed by atoms with van der Waals surface area (Å²) < 4.78 is 59.0. The topological polar surface area (TPSA) is 81.7 Å². The van der Waals surface area contributed by atoms with Crippen LogP contribution in [0.15, 0.2) is 126 Å². The van der Waals surface area contributed by atoms with Gasteiger partial charge in [0, 0.05) is 11.3 Å². The van der Waals surface area contributed by atoms with Gasteiger partial charge in [0.05, 0.1) is 38.6 Å². The number of rotatable bonds is 14. The second-order valence-corrected chi connectivity index (χ2v) is 14.8. The highest BCUT2D eigenvalue weighted by atomic mass is 32.2. The van der Waals surface area contributed by atoms with Crippen molar-refractivity contribution in [2.24, 2.45) is 0 Å². The molecule has 4 aromatic carbocycles. The second kappa shape index (κ2) is 17.2. The van der Waals surface area contributed by atoms with Crippen molar-refractivity contribution in [3.8, 4) is 0 Å². The molecule has 4 aromatic rings. The number of hydrogen-bond acceptors (Lipinski definition) is 9. The average molecular weight is 691 g/mol. The first-order valence-electron chi connectivity index (χ1n) is 16.4. The van der Waals surface area contributed by atoms with Gasteiger partial charge in [0.15, 0.2) is 0 Å². The minimum atomic E-state index is -4.01. The Morgan fingerprint density at radius 1 is 0.646 bits per heavy atom. The molecule has 2 fully saturated rings. The van der Waals surface area contributed by atoms with Crippen LogP contribution in [0, 0.1) is 0 Å². The Kier molecular flexibility index (Phi) is 12.6. The number of phosphoric acid groups is 1. The van der Waals surface area contributed by atoms with E-state index in [1.165, 1.54) is 11.8 Å². The highest BCUT2D eigenvalue weighted by molar-refractivity contribution is 7.99. The third-order valence-electron chi connectivity index (χ3n) is 8.08. The van der Waals surface area contributed by atoms with E-state index < -0.39 is 37.7 Å². The molecule has 6 rings (SSSR count).